The topological polar surface area (TPSA) is 179 Å². The fraction of sp³-hybridized carbons (Fsp3) is 0.550. The Morgan fingerprint density at radius 2 is 1.65 bits per heavy atom. The van der Waals surface area contributed by atoms with Crippen LogP contribution >= 0.6 is 11.8 Å². The molecule has 1 saturated heterocycles. The molecule has 2 fully saturated rings. The van der Waals surface area contributed by atoms with E-state index in [1.807, 2.05) is 42.5 Å². The van der Waals surface area contributed by atoms with E-state index in [9.17, 15) is 24.3 Å². The van der Waals surface area contributed by atoms with Crippen molar-refractivity contribution >= 4 is 35.6 Å². The Bertz CT molecular complexity index is 1580. The third kappa shape index (κ3) is 12.9. The highest BCUT2D eigenvalue weighted by atomic mass is 32.2. The molecular formula is C40H55N7O6S. The smallest absolute Gasteiger partial charge is 0.318 e. The molecule has 14 heteroatoms. The number of urea groups is 1. The summed E-state index contributed by atoms with van der Waals surface area (Å²) in [6, 6.07) is 10.3. The van der Waals surface area contributed by atoms with Crippen molar-refractivity contribution in [1.29, 1.82) is 0 Å². The number of carbonyl (C=O) groups is 4. The number of nitrogens with one attached hydrogen (secondary N) is 4. The molecule has 5 rings (SSSR count). The van der Waals surface area contributed by atoms with Gasteiger partial charge in [-0.05, 0) is 56.2 Å². The molecule has 1 aliphatic carbocycles. The number of hydrogen-bond acceptors (Lipinski definition) is 9. The number of likely N-dealkylation sites (tertiary alicyclic amines) is 1. The molecular weight excluding hydrogens is 707 g/mol. The summed E-state index contributed by atoms with van der Waals surface area (Å²) in [6.07, 6.45) is 13.8. The second-order valence-electron chi connectivity index (χ2n) is 14.3. The number of ether oxygens (including phenoxy) is 1. The summed E-state index contributed by atoms with van der Waals surface area (Å²) >= 11 is 1.61. The van der Waals surface area contributed by atoms with Gasteiger partial charge in [-0.1, -0.05) is 62.4 Å². The van der Waals surface area contributed by atoms with Gasteiger partial charge in [-0.25, -0.2) is 9.78 Å². The highest BCUT2D eigenvalue weighted by molar-refractivity contribution is 7.99. The van der Waals surface area contributed by atoms with Crippen LogP contribution in [0.3, 0.4) is 0 Å². The van der Waals surface area contributed by atoms with Crippen LogP contribution in [0.4, 0.5) is 4.79 Å². The molecule has 54 heavy (non-hydrogen) atoms. The zero-order chi connectivity index (χ0) is 38.1. The molecule has 3 heterocycles. The van der Waals surface area contributed by atoms with E-state index in [2.05, 4.69) is 30.9 Å². The van der Waals surface area contributed by atoms with Crippen LogP contribution in [-0.4, -0.2) is 98.5 Å². The van der Waals surface area contributed by atoms with Crippen LogP contribution in [0.15, 0.2) is 72.3 Å². The van der Waals surface area contributed by atoms with Crippen molar-refractivity contribution in [3.05, 3.63) is 78.6 Å². The molecule has 0 bridgehead atoms. The lowest BCUT2D eigenvalue weighted by Crippen LogP contribution is -2.58. The van der Waals surface area contributed by atoms with Gasteiger partial charge in [-0.3, -0.25) is 19.4 Å². The molecule has 2 aliphatic rings. The maximum atomic E-state index is 14.2. The number of rotatable bonds is 18. The van der Waals surface area contributed by atoms with Gasteiger partial charge < -0.3 is 35.7 Å². The molecule has 1 aliphatic heterocycles. The monoisotopic (exact) mass is 761 g/mol. The van der Waals surface area contributed by atoms with Crippen molar-refractivity contribution in [1.82, 2.24) is 35.8 Å². The van der Waals surface area contributed by atoms with E-state index in [1.165, 1.54) is 12.7 Å². The zero-order valence-corrected chi connectivity index (χ0v) is 32.0. The number of pyridine rings is 1. The number of nitrogens with zero attached hydrogens (tertiary/aromatic N) is 3. The summed E-state index contributed by atoms with van der Waals surface area (Å²) in [5.41, 5.74) is 1.49. The molecule has 4 atom stereocenters. The molecule has 3 aromatic rings. The van der Waals surface area contributed by atoms with Gasteiger partial charge in [0, 0.05) is 60.9 Å². The number of benzene rings is 1. The largest absolute Gasteiger partial charge is 0.466 e. The minimum atomic E-state index is -1.01. The zero-order valence-electron chi connectivity index (χ0n) is 31.2. The fourth-order valence-corrected chi connectivity index (χ4v) is 8.19. The van der Waals surface area contributed by atoms with Crippen molar-refractivity contribution in [3.8, 4) is 0 Å². The first kappa shape index (κ1) is 40.7. The summed E-state index contributed by atoms with van der Waals surface area (Å²) in [4.78, 5) is 68.2. The number of piperidine rings is 1. The predicted octanol–water partition coefficient (Wildman–Crippen LogP) is 4.43. The third-order valence-corrected chi connectivity index (χ3v) is 11.3. The number of aliphatic hydroxyl groups is 1. The molecule has 5 N–H and O–H groups in total. The van der Waals surface area contributed by atoms with Crippen LogP contribution < -0.4 is 16.0 Å². The summed E-state index contributed by atoms with van der Waals surface area (Å²) < 4.78 is 5.18. The summed E-state index contributed by atoms with van der Waals surface area (Å²) in [5, 5.41) is 20.5. The lowest BCUT2D eigenvalue weighted by Gasteiger charge is -2.33. The highest BCUT2D eigenvalue weighted by Crippen LogP contribution is 2.29. The van der Waals surface area contributed by atoms with Crippen molar-refractivity contribution in [2.75, 3.05) is 25.4 Å². The van der Waals surface area contributed by atoms with Gasteiger partial charge >= 0.3 is 12.0 Å². The molecule has 292 valence electrons. The van der Waals surface area contributed by atoms with E-state index in [0.29, 0.717) is 62.7 Å². The summed E-state index contributed by atoms with van der Waals surface area (Å²) in [7, 11) is 0. The first-order valence-corrected chi connectivity index (χ1v) is 20.3. The Hall–Kier alpha value is -4.43. The van der Waals surface area contributed by atoms with E-state index in [1.54, 1.807) is 42.2 Å². The number of H-pyrrole nitrogens is 1. The number of hydrogen-bond donors (Lipinski definition) is 5. The Morgan fingerprint density at radius 1 is 0.907 bits per heavy atom. The summed E-state index contributed by atoms with van der Waals surface area (Å²) in [5.74, 6) is -0.399. The average molecular weight is 762 g/mol. The van der Waals surface area contributed by atoms with Crippen LogP contribution in [0, 0.1) is 11.8 Å². The van der Waals surface area contributed by atoms with E-state index in [4.69, 9.17) is 4.74 Å². The van der Waals surface area contributed by atoms with Crippen LogP contribution in [0.2, 0.25) is 0 Å². The number of amides is 4. The Balaban J connectivity index is 1.29. The van der Waals surface area contributed by atoms with E-state index in [-0.39, 0.29) is 24.7 Å². The second-order valence-corrected chi connectivity index (χ2v) is 15.5. The molecule has 0 radical (unpaired) electrons. The van der Waals surface area contributed by atoms with Crippen LogP contribution in [0.25, 0.3) is 0 Å². The van der Waals surface area contributed by atoms with Gasteiger partial charge in [-0.2, -0.15) is 0 Å². The van der Waals surface area contributed by atoms with Crippen molar-refractivity contribution in [3.63, 3.8) is 0 Å². The predicted molar refractivity (Wildman–Crippen MR) is 206 cm³/mol. The van der Waals surface area contributed by atoms with Crippen molar-refractivity contribution in [2.24, 2.45) is 11.8 Å². The van der Waals surface area contributed by atoms with Gasteiger partial charge in [0.2, 0.25) is 11.8 Å². The van der Waals surface area contributed by atoms with Crippen molar-refractivity contribution < 1.29 is 29.0 Å². The maximum absolute atomic E-state index is 14.2. The number of carbonyl (C=O) groups excluding carboxylic acids is 4. The number of aliphatic hydroxyl groups excluding tert-OH is 1. The lowest BCUT2D eigenvalue weighted by atomic mass is 9.83. The van der Waals surface area contributed by atoms with Gasteiger partial charge in [0.25, 0.3) is 0 Å². The Labute approximate surface area is 322 Å². The van der Waals surface area contributed by atoms with Crippen molar-refractivity contribution in [2.45, 2.75) is 107 Å². The molecule has 1 aromatic carbocycles. The second kappa shape index (κ2) is 21.5. The molecule has 4 amide bonds. The number of imidazole rings is 1. The quantitative estimate of drug-likeness (QED) is 0.0927. The average Bonchev–Trinajstić information content (AvgIpc) is 3.71. The minimum Gasteiger partial charge on any atom is -0.466 e. The SMILES string of the molecule is CCOC(=O)C1CCN(C(=O)N[C@@H](Cc2ccccc2)C(=O)N[C@@H](Cc2cnc[nH]2)C(=O)N[C@@H](CC2CCCCC2)[C@@H](O)CCSc2cccnc2)CC1. The van der Waals surface area contributed by atoms with Crippen LogP contribution in [0.1, 0.15) is 76.0 Å². The Morgan fingerprint density at radius 3 is 2.33 bits per heavy atom. The first-order valence-electron chi connectivity index (χ1n) is 19.3. The number of esters is 1. The number of aromatic nitrogens is 3. The fourth-order valence-electron chi connectivity index (χ4n) is 7.28. The van der Waals surface area contributed by atoms with Crippen LogP contribution in [-0.2, 0) is 32.0 Å². The molecule has 0 spiro atoms. The molecule has 0 unspecified atom stereocenters. The minimum absolute atomic E-state index is 0.133. The van der Waals surface area contributed by atoms with E-state index >= 15 is 0 Å². The molecule has 13 nitrogen and oxygen atoms in total. The molecule has 1 saturated carbocycles. The van der Waals surface area contributed by atoms with Crippen LogP contribution in [0.5, 0.6) is 0 Å². The lowest BCUT2D eigenvalue weighted by molar-refractivity contribution is -0.149. The molecule has 2 aromatic heterocycles. The standard InChI is InChI=1S/C40H55N7O6S/c1-2-53-39(51)30-15-19-47(20-16-30)40(52)46-34(23-29-12-7-4-8-13-29)37(49)45-35(24-31-25-42-27-43-31)38(50)44-33(22-28-10-5-3-6-11-28)36(48)17-21-54-32-14-9-18-41-26-32/h4,7-9,12-14,18,25-28,30,33-36,48H,2-3,5-6,10-11,15-17,19-24H2,1H3,(H,42,43)(H,44,50)(H,45,49)(H,46,52)/t33-,34-,35-,36-/m0/s1. The van der Waals surface area contributed by atoms with E-state index in [0.717, 1.165) is 36.1 Å². The number of thioether (sulfide) groups is 1. The highest BCUT2D eigenvalue weighted by Gasteiger charge is 2.34. The third-order valence-electron chi connectivity index (χ3n) is 10.3. The van der Waals surface area contributed by atoms with Gasteiger partial charge in [0.05, 0.1) is 31.0 Å². The van der Waals surface area contributed by atoms with Gasteiger partial charge in [0.1, 0.15) is 12.1 Å². The van der Waals surface area contributed by atoms with Gasteiger partial charge in [-0.15, -0.1) is 11.8 Å². The number of aromatic amines is 1. The summed E-state index contributed by atoms with van der Waals surface area (Å²) in [6.45, 7) is 2.78. The van der Waals surface area contributed by atoms with Gasteiger partial charge in [0.15, 0.2) is 0 Å². The van der Waals surface area contributed by atoms with E-state index < -0.39 is 42.1 Å². The Kier molecular flexibility index (Phi) is 16.2. The maximum Gasteiger partial charge on any atom is 0.318 e. The first-order chi connectivity index (χ1) is 26.3. The normalized spacial score (nSPS) is 17.5.